The Bertz CT molecular complexity index is 974. The molecule has 4 rings (SSSR count). The minimum Gasteiger partial charge on any atom is -0.534 e. The zero-order valence-corrected chi connectivity index (χ0v) is 18.9. The van der Waals surface area contributed by atoms with E-state index in [1.165, 1.54) is 27.1 Å². The van der Waals surface area contributed by atoms with Crippen molar-refractivity contribution in [2.45, 2.75) is 45.6 Å². The molecule has 0 bridgehead atoms. The summed E-state index contributed by atoms with van der Waals surface area (Å²) in [7, 11) is -2.57. The minimum absolute atomic E-state index is 0.0296. The van der Waals surface area contributed by atoms with E-state index in [0.717, 1.165) is 18.6 Å². The van der Waals surface area contributed by atoms with Gasteiger partial charge in [-0.2, -0.15) is 0 Å². The van der Waals surface area contributed by atoms with Crippen LogP contribution in [0.5, 0.6) is 5.75 Å². The van der Waals surface area contributed by atoms with Gasteiger partial charge in [-0.3, -0.25) is 0 Å². The predicted octanol–water partition coefficient (Wildman–Crippen LogP) is 5.97. The van der Waals surface area contributed by atoms with Crippen molar-refractivity contribution in [1.29, 1.82) is 0 Å². The van der Waals surface area contributed by atoms with Crippen LogP contribution in [0.3, 0.4) is 0 Å². The average Bonchev–Trinajstić information content (AvgIpc) is 3.14. The molecule has 0 saturated heterocycles. The van der Waals surface area contributed by atoms with Gasteiger partial charge in [0.15, 0.2) is 0 Å². The smallest absolute Gasteiger partial charge is 0.319 e. The Morgan fingerprint density at radius 3 is 1.90 bits per heavy atom. The van der Waals surface area contributed by atoms with Crippen LogP contribution in [0.15, 0.2) is 84.9 Å². The molecule has 0 spiro atoms. The zero-order valence-electron chi connectivity index (χ0n) is 17.9. The molecule has 2 heteroatoms. The fourth-order valence-corrected chi connectivity index (χ4v) is 9.08. The van der Waals surface area contributed by atoms with Gasteiger partial charge in [-0.1, -0.05) is 93.6 Å². The van der Waals surface area contributed by atoms with E-state index < -0.39 is 8.32 Å². The van der Waals surface area contributed by atoms with E-state index in [4.69, 9.17) is 4.43 Å². The van der Waals surface area contributed by atoms with Gasteiger partial charge in [-0.15, -0.1) is 0 Å². The van der Waals surface area contributed by atoms with Crippen LogP contribution in [-0.4, -0.2) is 8.32 Å². The van der Waals surface area contributed by atoms with Gasteiger partial charge in [0.25, 0.3) is 0 Å². The highest BCUT2D eigenvalue weighted by Gasteiger charge is 2.52. The highest BCUT2D eigenvalue weighted by Crippen LogP contribution is 2.40. The lowest BCUT2D eigenvalue weighted by Gasteiger charge is -2.43. The molecule has 0 radical (unpaired) electrons. The minimum atomic E-state index is -2.57. The third kappa shape index (κ3) is 3.47. The number of allylic oxidation sites excluding steroid dienone is 2. The molecule has 0 unspecified atom stereocenters. The molecule has 1 aliphatic carbocycles. The Balaban J connectivity index is 1.90. The maximum atomic E-state index is 7.17. The Hall–Kier alpha value is -2.58. The van der Waals surface area contributed by atoms with Gasteiger partial charge in [0.2, 0.25) is 0 Å². The average molecular weight is 399 g/mol. The molecule has 1 nitrogen and oxygen atoms in total. The predicted molar refractivity (Wildman–Crippen MR) is 127 cm³/mol. The number of hydrogen-bond donors (Lipinski definition) is 0. The van der Waals surface area contributed by atoms with Crippen molar-refractivity contribution in [2.24, 2.45) is 0 Å². The number of benzene rings is 3. The van der Waals surface area contributed by atoms with Gasteiger partial charge in [0, 0.05) is 0 Å². The summed E-state index contributed by atoms with van der Waals surface area (Å²) in [6.45, 7) is 9.11. The summed E-state index contributed by atoms with van der Waals surface area (Å²) in [5.41, 5.74) is 4.24. The Morgan fingerprint density at radius 2 is 1.38 bits per heavy atom. The van der Waals surface area contributed by atoms with Gasteiger partial charge >= 0.3 is 8.32 Å². The zero-order chi connectivity index (χ0) is 20.5. The fraction of sp³-hybridized carbons (Fsp3) is 0.259. The van der Waals surface area contributed by atoms with Crippen LogP contribution in [0.2, 0.25) is 5.04 Å². The summed E-state index contributed by atoms with van der Waals surface area (Å²) >= 11 is 0. The number of rotatable bonds is 4. The van der Waals surface area contributed by atoms with Crippen LogP contribution in [0.1, 0.15) is 45.2 Å². The van der Waals surface area contributed by atoms with Gasteiger partial charge in [-0.05, 0) is 64.0 Å². The molecule has 1 aliphatic rings. The van der Waals surface area contributed by atoms with Gasteiger partial charge in [0.1, 0.15) is 5.75 Å². The number of hydrogen-bond acceptors (Lipinski definition) is 1. The van der Waals surface area contributed by atoms with Crippen LogP contribution in [0.4, 0.5) is 0 Å². The number of aryl methyl sites for hydroxylation is 1. The van der Waals surface area contributed by atoms with E-state index in [0.29, 0.717) is 0 Å². The molecule has 0 heterocycles. The molecule has 0 fully saturated rings. The summed E-state index contributed by atoms with van der Waals surface area (Å²) in [5, 5.41) is 2.59. The summed E-state index contributed by atoms with van der Waals surface area (Å²) in [5.74, 6) is 0.985. The molecule has 3 aromatic rings. The first kappa shape index (κ1) is 19.7. The number of fused-ring (bicyclic) bond motifs is 1. The molecule has 0 atom stereocenters. The quantitative estimate of drug-likeness (QED) is 0.492. The van der Waals surface area contributed by atoms with Crippen LogP contribution >= 0.6 is 0 Å². The summed E-state index contributed by atoms with van der Waals surface area (Å²) in [4.78, 5) is 0. The SMILES string of the molecule is C/C=C1/CCc2ccc(O[Si](c3ccccc3)(c3ccccc3)C(C)(C)C)cc21. The summed E-state index contributed by atoms with van der Waals surface area (Å²) in [6.07, 6.45) is 4.52. The molecule has 148 valence electrons. The first-order chi connectivity index (χ1) is 14.0. The standard InChI is InChI=1S/C27H30OSi/c1-5-21-16-17-22-18-19-23(20-26(21)22)28-29(27(2,3)4,24-12-8-6-9-13-24)25-14-10-7-11-15-25/h5-15,18-20H,16-17H2,1-4H3/b21-5-. The van der Waals surface area contributed by atoms with E-state index in [1.807, 2.05) is 0 Å². The normalized spacial score (nSPS) is 15.4. The summed E-state index contributed by atoms with van der Waals surface area (Å²) < 4.78 is 7.17. The topological polar surface area (TPSA) is 9.23 Å². The van der Waals surface area contributed by atoms with Crippen molar-refractivity contribution in [2.75, 3.05) is 0 Å². The molecule has 3 aromatic carbocycles. The Kier molecular flexibility index (Phi) is 5.22. The lowest BCUT2D eigenvalue weighted by Crippen LogP contribution is -2.68. The van der Waals surface area contributed by atoms with Crippen LogP contribution < -0.4 is 14.8 Å². The third-order valence-corrected chi connectivity index (χ3v) is 11.1. The second-order valence-electron chi connectivity index (χ2n) is 8.90. The van der Waals surface area contributed by atoms with E-state index in [9.17, 15) is 0 Å². The van der Waals surface area contributed by atoms with Crippen molar-refractivity contribution in [1.82, 2.24) is 0 Å². The van der Waals surface area contributed by atoms with Crippen LogP contribution in [0, 0.1) is 0 Å². The first-order valence-corrected chi connectivity index (χ1v) is 12.4. The van der Waals surface area contributed by atoms with Crippen molar-refractivity contribution >= 4 is 24.3 Å². The lowest BCUT2D eigenvalue weighted by molar-refractivity contribution is 0.508. The molecule has 0 amide bonds. The second-order valence-corrected chi connectivity index (χ2v) is 13.1. The van der Waals surface area contributed by atoms with Crippen molar-refractivity contribution in [3.8, 4) is 5.75 Å². The molecule has 0 aliphatic heterocycles. The van der Waals surface area contributed by atoms with E-state index in [1.54, 1.807) is 0 Å². The Morgan fingerprint density at radius 1 is 0.793 bits per heavy atom. The largest absolute Gasteiger partial charge is 0.534 e. The molecule has 29 heavy (non-hydrogen) atoms. The monoisotopic (exact) mass is 398 g/mol. The molecular weight excluding hydrogens is 368 g/mol. The van der Waals surface area contributed by atoms with E-state index in [-0.39, 0.29) is 5.04 Å². The second kappa shape index (κ2) is 7.68. The molecular formula is C27H30OSi. The first-order valence-electron chi connectivity index (χ1n) is 10.5. The van der Waals surface area contributed by atoms with Crippen molar-refractivity contribution in [3.05, 3.63) is 96.1 Å². The maximum absolute atomic E-state index is 7.17. The van der Waals surface area contributed by atoms with E-state index >= 15 is 0 Å². The fourth-order valence-electron chi connectivity index (χ4n) is 4.67. The highest BCUT2D eigenvalue weighted by atomic mass is 28.4. The summed E-state index contributed by atoms with van der Waals surface area (Å²) in [6, 6.07) is 28.4. The molecule has 0 N–H and O–H groups in total. The van der Waals surface area contributed by atoms with Crippen molar-refractivity contribution in [3.63, 3.8) is 0 Å². The molecule has 0 aromatic heterocycles. The van der Waals surface area contributed by atoms with Crippen LogP contribution in [-0.2, 0) is 6.42 Å². The van der Waals surface area contributed by atoms with Gasteiger partial charge < -0.3 is 4.43 Å². The molecule has 0 saturated carbocycles. The Labute approximate surface area is 176 Å². The van der Waals surface area contributed by atoms with Gasteiger partial charge in [0.05, 0.1) is 0 Å². The highest BCUT2D eigenvalue weighted by molar-refractivity contribution is 7.00. The third-order valence-electron chi connectivity index (χ3n) is 6.13. The van der Waals surface area contributed by atoms with E-state index in [2.05, 4.69) is 113 Å². The van der Waals surface area contributed by atoms with Crippen LogP contribution in [0.25, 0.3) is 5.57 Å². The maximum Gasteiger partial charge on any atom is 0.319 e. The van der Waals surface area contributed by atoms with Crippen molar-refractivity contribution < 1.29 is 4.43 Å². The van der Waals surface area contributed by atoms with Gasteiger partial charge in [-0.25, -0.2) is 0 Å². The lowest BCUT2D eigenvalue weighted by atomic mass is 10.1.